The van der Waals surface area contributed by atoms with E-state index >= 15 is 0 Å². The van der Waals surface area contributed by atoms with Crippen LogP contribution in [0.4, 0.5) is 0 Å². The first-order chi connectivity index (χ1) is 17.9. The maximum Gasteiger partial charge on any atom is 0.336 e. The predicted octanol–water partition coefficient (Wildman–Crippen LogP) is 6.32. The topological polar surface area (TPSA) is 65.0 Å². The van der Waals surface area contributed by atoms with Crippen LogP contribution >= 0.6 is 0 Å². The molecule has 2 aliphatic rings. The van der Waals surface area contributed by atoms with Crippen LogP contribution in [0.15, 0.2) is 95.1 Å². The molecule has 1 unspecified atom stereocenters. The fourth-order valence-corrected chi connectivity index (χ4v) is 5.49. The number of Topliss-reactive ketones (excluding diaryl/α,β-unsaturated/α-hetero) is 1. The Morgan fingerprint density at radius 3 is 2.22 bits per heavy atom. The molecule has 37 heavy (non-hydrogen) atoms. The van der Waals surface area contributed by atoms with Gasteiger partial charge in [0.2, 0.25) is 0 Å². The van der Waals surface area contributed by atoms with Crippen molar-refractivity contribution in [2.24, 2.45) is 10.9 Å². The summed E-state index contributed by atoms with van der Waals surface area (Å²) in [4.78, 5) is 32.1. The zero-order valence-electron chi connectivity index (χ0n) is 21.4. The summed E-state index contributed by atoms with van der Waals surface area (Å²) in [6.07, 6.45) is 1.08. The van der Waals surface area contributed by atoms with Crippen LogP contribution in [0, 0.1) is 12.8 Å². The Balaban J connectivity index is 1.50. The lowest BCUT2D eigenvalue weighted by Crippen LogP contribution is -2.41. The van der Waals surface area contributed by atoms with Crippen molar-refractivity contribution in [2.45, 2.75) is 45.1 Å². The van der Waals surface area contributed by atoms with Gasteiger partial charge in [0.15, 0.2) is 0 Å². The lowest BCUT2D eigenvalue weighted by Gasteiger charge is -2.38. The molecule has 0 bridgehead atoms. The number of methoxy groups -OCH3 is 1. The number of hydrogen-bond donors (Lipinski definition) is 0. The highest BCUT2D eigenvalue weighted by atomic mass is 16.5. The van der Waals surface area contributed by atoms with E-state index in [4.69, 9.17) is 14.5 Å². The number of ketones is 1. The minimum absolute atomic E-state index is 0.0476. The minimum Gasteiger partial charge on any atom is -0.497 e. The molecule has 188 valence electrons. The second-order valence-corrected chi connectivity index (χ2v) is 9.87. The van der Waals surface area contributed by atoms with Crippen molar-refractivity contribution >= 4 is 17.5 Å². The van der Waals surface area contributed by atoms with Crippen molar-refractivity contribution < 1.29 is 19.1 Å². The summed E-state index contributed by atoms with van der Waals surface area (Å²) in [5.41, 5.74) is 6.01. The number of fused-ring (bicyclic) bond motifs is 1. The van der Waals surface area contributed by atoms with E-state index in [0.29, 0.717) is 24.1 Å². The van der Waals surface area contributed by atoms with E-state index in [-0.39, 0.29) is 18.3 Å². The van der Waals surface area contributed by atoms with E-state index in [9.17, 15) is 9.59 Å². The molecule has 3 atom stereocenters. The molecule has 0 radical (unpaired) electrons. The van der Waals surface area contributed by atoms with E-state index in [0.717, 1.165) is 33.7 Å². The average molecular weight is 494 g/mol. The summed E-state index contributed by atoms with van der Waals surface area (Å²) in [7, 11) is 1.64. The molecule has 1 aliphatic carbocycles. The molecule has 0 aromatic heterocycles. The molecule has 3 aromatic rings. The standard InChI is InChI=1S/C32H31NO4/c1-20-9-11-24(12-10-20)30-29(32(35)37-19-22-7-5-4-6-8-22)21(2)33-27-17-25(18-28(34)31(27)30)23-13-15-26(36-3)16-14-23/h4-16,25,30-31H,17-19H2,1-3H3/t25-,30+,31?/m1/s1. The summed E-state index contributed by atoms with van der Waals surface area (Å²) < 4.78 is 11.0. The summed E-state index contributed by atoms with van der Waals surface area (Å²) in [6.45, 7) is 4.05. The van der Waals surface area contributed by atoms with Crippen LogP contribution in [0.25, 0.3) is 0 Å². The number of nitrogens with zero attached hydrogens (tertiary/aromatic N) is 1. The summed E-state index contributed by atoms with van der Waals surface area (Å²) >= 11 is 0. The number of ether oxygens (including phenoxy) is 2. The van der Waals surface area contributed by atoms with Crippen LogP contribution in [0.5, 0.6) is 5.75 Å². The number of aryl methyl sites for hydroxylation is 1. The summed E-state index contributed by atoms with van der Waals surface area (Å²) in [5, 5.41) is 0. The number of esters is 1. The predicted molar refractivity (Wildman–Crippen MR) is 144 cm³/mol. The normalized spacial score (nSPS) is 21.2. The molecule has 5 rings (SSSR count). The number of carbonyl (C=O) groups is 2. The molecule has 1 heterocycles. The van der Waals surface area contributed by atoms with Gasteiger partial charge in [-0.1, -0.05) is 72.3 Å². The third-order valence-electron chi connectivity index (χ3n) is 7.41. The number of aliphatic imine (C=N–C) groups is 1. The molecular formula is C32H31NO4. The maximum atomic E-state index is 13.8. The van der Waals surface area contributed by atoms with Crippen molar-refractivity contribution in [1.82, 2.24) is 0 Å². The molecule has 0 amide bonds. The first-order valence-corrected chi connectivity index (χ1v) is 12.7. The van der Waals surface area contributed by atoms with E-state index < -0.39 is 17.8 Å². The van der Waals surface area contributed by atoms with Crippen LogP contribution < -0.4 is 4.74 Å². The lowest BCUT2D eigenvalue weighted by atomic mass is 9.66. The smallest absolute Gasteiger partial charge is 0.336 e. The minimum atomic E-state index is -0.472. The molecule has 1 saturated carbocycles. The van der Waals surface area contributed by atoms with Crippen LogP contribution in [0.3, 0.4) is 0 Å². The van der Waals surface area contributed by atoms with Crippen LogP contribution in [0.2, 0.25) is 0 Å². The second kappa shape index (κ2) is 10.6. The van der Waals surface area contributed by atoms with Gasteiger partial charge in [0, 0.05) is 23.7 Å². The highest BCUT2D eigenvalue weighted by Crippen LogP contribution is 2.46. The van der Waals surface area contributed by atoms with Gasteiger partial charge in [0.25, 0.3) is 0 Å². The molecule has 0 N–H and O–H groups in total. The largest absolute Gasteiger partial charge is 0.497 e. The highest BCUT2D eigenvalue weighted by molar-refractivity contribution is 6.12. The third-order valence-corrected chi connectivity index (χ3v) is 7.41. The van der Waals surface area contributed by atoms with Crippen molar-refractivity contribution in [3.63, 3.8) is 0 Å². The summed E-state index contributed by atoms with van der Waals surface area (Å²) in [5.74, 6) is -0.361. The third kappa shape index (κ3) is 5.12. The van der Waals surface area contributed by atoms with Gasteiger partial charge in [-0.05, 0) is 55.0 Å². The van der Waals surface area contributed by atoms with Gasteiger partial charge in [0.1, 0.15) is 18.1 Å². The molecule has 0 spiro atoms. The van der Waals surface area contributed by atoms with Gasteiger partial charge in [-0.25, -0.2) is 4.79 Å². The van der Waals surface area contributed by atoms with Gasteiger partial charge in [-0.3, -0.25) is 9.79 Å². The van der Waals surface area contributed by atoms with Crippen molar-refractivity contribution in [3.05, 3.63) is 112 Å². The first kappa shape index (κ1) is 24.7. The Hall–Kier alpha value is -3.99. The Morgan fingerprint density at radius 1 is 0.865 bits per heavy atom. The number of hydrogen-bond acceptors (Lipinski definition) is 5. The monoisotopic (exact) mass is 493 g/mol. The second-order valence-electron chi connectivity index (χ2n) is 9.87. The molecule has 5 nitrogen and oxygen atoms in total. The van der Waals surface area contributed by atoms with Crippen molar-refractivity contribution in [1.29, 1.82) is 0 Å². The Labute approximate surface area is 217 Å². The molecule has 1 fully saturated rings. The van der Waals surface area contributed by atoms with Crippen LogP contribution in [0.1, 0.15) is 53.9 Å². The Bertz CT molecular complexity index is 1350. The SMILES string of the molecule is COc1ccc([C@H]2CC(=O)C3C(=NC(C)=C(C(=O)OCc4ccccc4)[C@@H]3c3ccc(C)cc3)C2)cc1. The number of carbonyl (C=O) groups excluding carboxylic acids is 2. The summed E-state index contributed by atoms with van der Waals surface area (Å²) in [6, 6.07) is 25.6. The molecule has 3 aromatic carbocycles. The van der Waals surface area contributed by atoms with Crippen molar-refractivity contribution in [2.75, 3.05) is 7.11 Å². The maximum absolute atomic E-state index is 13.8. The zero-order chi connectivity index (χ0) is 25.9. The van der Waals surface area contributed by atoms with Crippen LogP contribution in [-0.4, -0.2) is 24.6 Å². The Morgan fingerprint density at radius 2 is 1.54 bits per heavy atom. The molecular weight excluding hydrogens is 462 g/mol. The van der Waals surface area contributed by atoms with E-state index in [1.54, 1.807) is 7.11 Å². The van der Waals surface area contributed by atoms with Crippen LogP contribution in [-0.2, 0) is 20.9 Å². The quantitative estimate of drug-likeness (QED) is 0.377. The van der Waals surface area contributed by atoms with Gasteiger partial charge in [0.05, 0.1) is 18.6 Å². The highest BCUT2D eigenvalue weighted by Gasteiger charge is 2.46. The lowest BCUT2D eigenvalue weighted by molar-refractivity contribution is -0.140. The van der Waals surface area contributed by atoms with Gasteiger partial charge >= 0.3 is 5.97 Å². The number of allylic oxidation sites excluding steroid dienone is 1. The van der Waals surface area contributed by atoms with Crippen molar-refractivity contribution in [3.8, 4) is 5.75 Å². The van der Waals surface area contributed by atoms with Gasteiger partial charge in [-0.15, -0.1) is 0 Å². The fourth-order valence-electron chi connectivity index (χ4n) is 5.49. The number of rotatable bonds is 6. The molecule has 1 aliphatic heterocycles. The Kier molecular flexibility index (Phi) is 7.04. The van der Waals surface area contributed by atoms with Gasteiger partial charge in [-0.2, -0.15) is 0 Å². The first-order valence-electron chi connectivity index (χ1n) is 12.7. The molecule has 5 heteroatoms. The number of benzene rings is 3. The van der Waals surface area contributed by atoms with E-state index in [1.165, 1.54) is 0 Å². The molecule has 0 saturated heterocycles. The average Bonchev–Trinajstić information content (AvgIpc) is 2.92. The van der Waals surface area contributed by atoms with Gasteiger partial charge < -0.3 is 9.47 Å². The fraction of sp³-hybridized carbons (Fsp3) is 0.281. The van der Waals surface area contributed by atoms with E-state index in [1.807, 2.05) is 92.7 Å². The zero-order valence-corrected chi connectivity index (χ0v) is 21.4. The van der Waals surface area contributed by atoms with E-state index in [2.05, 4.69) is 0 Å².